The Morgan fingerprint density at radius 2 is 2.05 bits per heavy atom. The monoisotopic (exact) mass is 297 g/mol. The van der Waals surface area contributed by atoms with Crippen LogP contribution in [0.15, 0.2) is 18.2 Å². The predicted octanol–water partition coefficient (Wildman–Crippen LogP) is 1.92. The molecule has 3 N–H and O–H groups in total. The second-order valence-electron chi connectivity index (χ2n) is 4.89. The van der Waals surface area contributed by atoms with Crippen LogP contribution in [0.1, 0.15) is 18.9 Å². The largest absolute Gasteiger partial charge is 0.326 e. The average Bonchev–Trinajstić information content (AvgIpc) is 2.86. The molecular weight excluding hydrogens is 278 g/mol. The Bertz CT molecular complexity index is 499. The first kappa shape index (κ1) is 16.5. The summed E-state index contributed by atoms with van der Waals surface area (Å²) in [5, 5.41) is 8.82. The summed E-state index contributed by atoms with van der Waals surface area (Å²) in [6, 6.07) is 5.49. The van der Waals surface area contributed by atoms with Crippen molar-refractivity contribution in [3.63, 3.8) is 0 Å². The molecule has 2 amide bonds. The first-order valence-corrected chi connectivity index (χ1v) is 6.46. The number of aryl methyl sites for hydroxylation is 1. The molecule has 1 aliphatic heterocycles. The van der Waals surface area contributed by atoms with E-state index in [0.29, 0.717) is 5.69 Å². The zero-order valence-electron chi connectivity index (χ0n) is 11.7. The number of carbonyl (C=O) groups is 2. The van der Waals surface area contributed by atoms with Crippen LogP contribution in [0, 0.1) is 12.8 Å². The number of benzene rings is 1. The summed E-state index contributed by atoms with van der Waals surface area (Å²) in [5.74, 6) is -0.0574. The zero-order valence-corrected chi connectivity index (χ0v) is 12.5. The molecule has 1 atom stereocenters. The van der Waals surface area contributed by atoms with Crippen molar-refractivity contribution in [2.24, 2.45) is 5.92 Å². The molecule has 1 aliphatic rings. The fourth-order valence-electron chi connectivity index (χ4n) is 2.15. The lowest BCUT2D eigenvalue weighted by Gasteiger charge is -2.13. The van der Waals surface area contributed by atoms with E-state index in [2.05, 4.69) is 16.0 Å². The first-order valence-electron chi connectivity index (χ1n) is 6.46. The fraction of sp³-hybridized carbons (Fsp3) is 0.429. The third kappa shape index (κ3) is 4.21. The van der Waals surface area contributed by atoms with E-state index in [1.807, 2.05) is 19.1 Å². The second-order valence-corrected chi connectivity index (χ2v) is 4.89. The molecule has 0 bridgehead atoms. The summed E-state index contributed by atoms with van der Waals surface area (Å²) in [5.41, 5.74) is 2.43. The van der Waals surface area contributed by atoms with Gasteiger partial charge in [0, 0.05) is 24.8 Å². The van der Waals surface area contributed by atoms with Gasteiger partial charge >= 0.3 is 0 Å². The van der Waals surface area contributed by atoms with Gasteiger partial charge in [-0.1, -0.05) is 6.07 Å². The topological polar surface area (TPSA) is 70.2 Å². The van der Waals surface area contributed by atoms with Crippen molar-refractivity contribution >= 4 is 35.6 Å². The van der Waals surface area contributed by atoms with Gasteiger partial charge in [-0.3, -0.25) is 9.59 Å². The van der Waals surface area contributed by atoms with Gasteiger partial charge < -0.3 is 16.0 Å². The third-order valence-corrected chi connectivity index (χ3v) is 3.25. The van der Waals surface area contributed by atoms with E-state index >= 15 is 0 Å². The molecular formula is C14H20ClN3O2. The average molecular weight is 298 g/mol. The Balaban J connectivity index is 0.00000200. The van der Waals surface area contributed by atoms with Crippen LogP contribution in [0.2, 0.25) is 0 Å². The van der Waals surface area contributed by atoms with E-state index in [-0.39, 0.29) is 30.1 Å². The number of halogens is 1. The van der Waals surface area contributed by atoms with Crippen molar-refractivity contribution < 1.29 is 9.59 Å². The van der Waals surface area contributed by atoms with Crippen LogP contribution in [0.25, 0.3) is 0 Å². The molecule has 5 nitrogen and oxygen atoms in total. The lowest BCUT2D eigenvalue weighted by molar-refractivity contribution is -0.119. The Labute approximate surface area is 124 Å². The molecule has 110 valence electrons. The van der Waals surface area contributed by atoms with Crippen LogP contribution in [-0.2, 0) is 9.59 Å². The highest BCUT2D eigenvalue weighted by Crippen LogP contribution is 2.21. The number of hydrogen-bond donors (Lipinski definition) is 3. The van der Waals surface area contributed by atoms with Crippen LogP contribution in [0.3, 0.4) is 0 Å². The molecule has 0 radical (unpaired) electrons. The van der Waals surface area contributed by atoms with Crippen molar-refractivity contribution in [3.05, 3.63) is 23.8 Å². The highest BCUT2D eigenvalue weighted by Gasteiger charge is 2.22. The van der Waals surface area contributed by atoms with Gasteiger partial charge in [-0.05, 0) is 37.6 Å². The smallest absolute Gasteiger partial charge is 0.228 e. The first-order chi connectivity index (χ1) is 9.06. The molecule has 1 fully saturated rings. The Morgan fingerprint density at radius 3 is 2.65 bits per heavy atom. The van der Waals surface area contributed by atoms with E-state index in [4.69, 9.17) is 0 Å². The number of nitrogens with one attached hydrogen (secondary N) is 3. The minimum atomic E-state index is -0.124. The maximum atomic E-state index is 12.1. The Kier molecular flexibility index (Phi) is 5.98. The molecule has 6 heteroatoms. The van der Waals surface area contributed by atoms with Crippen molar-refractivity contribution in [1.82, 2.24) is 5.32 Å². The van der Waals surface area contributed by atoms with Gasteiger partial charge in [0.05, 0.1) is 5.92 Å². The maximum Gasteiger partial charge on any atom is 0.228 e. The molecule has 1 unspecified atom stereocenters. The van der Waals surface area contributed by atoms with Crippen molar-refractivity contribution in [2.75, 3.05) is 23.7 Å². The van der Waals surface area contributed by atoms with Gasteiger partial charge in [-0.2, -0.15) is 0 Å². The van der Waals surface area contributed by atoms with Gasteiger partial charge in [0.25, 0.3) is 0 Å². The molecule has 20 heavy (non-hydrogen) atoms. The van der Waals surface area contributed by atoms with Gasteiger partial charge in [0.2, 0.25) is 11.8 Å². The minimum absolute atomic E-state index is 0. The lowest BCUT2D eigenvalue weighted by atomic mass is 10.1. The van der Waals surface area contributed by atoms with Crippen LogP contribution in [0.5, 0.6) is 0 Å². The van der Waals surface area contributed by atoms with Crippen LogP contribution in [-0.4, -0.2) is 24.9 Å². The number of amides is 2. The van der Waals surface area contributed by atoms with E-state index in [0.717, 1.165) is 30.8 Å². The second kappa shape index (κ2) is 7.26. The van der Waals surface area contributed by atoms with Crippen molar-refractivity contribution in [2.45, 2.75) is 20.3 Å². The summed E-state index contributed by atoms with van der Waals surface area (Å²) in [4.78, 5) is 23.1. The zero-order chi connectivity index (χ0) is 13.8. The Morgan fingerprint density at radius 1 is 1.30 bits per heavy atom. The number of rotatable bonds is 3. The highest BCUT2D eigenvalue weighted by molar-refractivity contribution is 5.95. The summed E-state index contributed by atoms with van der Waals surface area (Å²) < 4.78 is 0. The highest BCUT2D eigenvalue weighted by atomic mass is 35.5. The maximum absolute atomic E-state index is 12.1. The molecule has 1 saturated heterocycles. The molecule has 0 saturated carbocycles. The summed E-state index contributed by atoms with van der Waals surface area (Å²) >= 11 is 0. The fourth-order valence-corrected chi connectivity index (χ4v) is 2.15. The standard InChI is InChI=1S/C14H19N3O2.ClH/c1-9-3-4-12(16-10(2)18)7-13(9)17-14(19)11-5-6-15-8-11;/h3-4,7,11,15H,5-6,8H2,1-2H3,(H,16,18)(H,17,19);1H. The predicted molar refractivity (Wildman–Crippen MR) is 82.3 cm³/mol. The quantitative estimate of drug-likeness (QED) is 0.798. The lowest BCUT2D eigenvalue weighted by Crippen LogP contribution is -2.25. The van der Waals surface area contributed by atoms with Gasteiger partial charge in [-0.15, -0.1) is 12.4 Å². The Hall–Kier alpha value is -1.59. The van der Waals surface area contributed by atoms with E-state index in [1.165, 1.54) is 6.92 Å². The van der Waals surface area contributed by atoms with Crippen LogP contribution < -0.4 is 16.0 Å². The van der Waals surface area contributed by atoms with E-state index in [1.54, 1.807) is 6.07 Å². The third-order valence-electron chi connectivity index (χ3n) is 3.25. The van der Waals surface area contributed by atoms with Crippen LogP contribution in [0.4, 0.5) is 11.4 Å². The van der Waals surface area contributed by atoms with Gasteiger partial charge in [0.1, 0.15) is 0 Å². The molecule has 0 aliphatic carbocycles. The minimum Gasteiger partial charge on any atom is -0.326 e. The van der Waals surface area contributed by atoms with Crippen molar-refractivity contribution in [3.8, 4) is 0 Å². The molecule has 1 heterocycles. The SMILES string of the molecule is CC(=O)Nc1ccc(C)c(NC(=O)C2CCNC2)c1.Cl. The van der Waals surface area contributed by atoms with Crippen LogP contribution >= 0.6 is 12.4 Å². The van der Waals surface area contributed by atoms with Gasteiger partial charge in [0.15, 0.2) is 0 Å². The molecule has 2 rings (SSSR count). The van der Waals surface area contributed by atoms with E-state index in [9.17, 15) is 9.59 Å². The molecule has 0 aromatic heterocycles. The number of anilines is 2. The summed E-state index contributed by atoms with van der Waals surface area (Å²) in [6.07, 6.45) is 0.871. The normalized spacial score (nSPS) is 17.2. The number of hydrogen-bond acceptors (Lipinski definition) is 3. The van der Waals surface area contributed by atoms with Gasteiger partial charge in [-0.25, -0.2) is 0 Å². The molecule has 1 aromatic carbocycles. The molecule has 1 aromatic rings. The summed E-state index contributed by atoms with van der Waals surface area (Å²) in [6.45, 7) is 5.02. The summed E-state index contributed by atoms with van der Waals surface area (Å²) in [7, 11) is 0. The van der Waals surface area contributed by atoms with Crippen molar-refractivity contribution in [1.29, 1.82) is 0 Å². The van der Waals surface area contributed by atoms with E-state index < -0.39 is 0 Å². The number of carbonyl (C=O) groups excluding carboxylic acids is 2. The molecule has 0 spiro atoms.